The van der Waals surface area contributed by atoms with E-state index in [1.165, 1.54) is 6.42 Å². The quantitative estimate of drug-likeness (QED) is 0.872. The first-order valence-corrected chi connectivity index (χ1v) is 9.41. The van der Waals surface area contributed by atoms with Gasteiger partial charge in [-0.15, -0.1) is 0 Å². The number of likely N-dealkylation sites (tertiary alicyclic amines) is 1. The molecule has 1 fully saturated rings. The summed E-state index contributed by atoms with van der Waals surface area (Å²) < 4.78 is 5.59. The van der Waals surface area contributed by atoms with Crippen LogP contribution in [-0.4, -0.2) is 36.4 Å². The number of rotatable bonds is 5. The van der Waals surface area contributed by atoms with Gasteiger partial charge in [-0.25, -0.2) is 0 Å². The Hall–Kier alpha value is -2.82. The van der Waals surface area contributed by atoms with Crippen LogP contribution in [0.1, 0.15) is 40.7 Å². The van der Waals surface area contributed by atoms with Gasteiger partial charge < -0.3 is 15.0 Å². The molecule has 27 heavy (non-hydrogen) atoms. The molecule has 0 unspecified atom stereocenters. The number of benzene rings is 2. The first kappa shape index (κ1) is 19.0. The number of anilines is 1. The Morgan fingerprint density at radius 2 is 1.70 bits per heavy atom. The molecule has 0 spiro atoms. The van der Waals surface area contributed by atoms with Crippen molar-refractivity contribution < 1.29 is 14.3 Å². The molecule has 3 rings (SSSR count). The largest absolute Gasteiger partial charge is 0.484 e. The Morgan fingerprint density at radius 1 is 1.00 bits per heavy atom. The second-order valence-electron chi connectivity index (χ2n) is 7.09. The third-order valence-corrected chi connectivity index (χ3v) is 4.60. The molecule has 1 heterocycles. The minimum Gasteiger partial charge on any atom is -0.484 e. The zero-order valence-electron chi connectivity index (χ0n) is 16.0. The second-order valence-corrected chi connectivity index (χ2v) is 7.09. The summed E-state index contributed by atoms with van der Waals surface area (Å²) in [6.45, 7) is 5.51. The van der Waals surface area contributed by atoms with E-state index in [-0.39, 0.29) is 18.4 Å². The Kier molecular flexibility index (Phi) is 6.12. The third kappa shape index (κ3) is 5.33. The normalized spacial score (nSPS) is 13.9. The van der Waals surface area contributed by atoms with Crippen molar-refractivity contribution in [3.05, 3.63) is 59.2 Å². The summed E-state index contributed by atoms with van der Waals surface area (Å²) in [6, 6.07) is 12.9. The molecule has 0 aliphatic carbocycles. The lowest BCUT2D eigenvalue weighted by atomic mass is 10.1. The van der Waals surface area contributed by atoms with Gasteiger partial charge in [0.25, 0.3) is 11.8 Å². The minimum absolute atomic E-state index is 0.0253. The third-order valence-electron chi connectivity index (χ3n) is 4.60. The van der Waals surface area contributed by atoms with Crippen molar-refractivity contribution in [2.75, 3.05) is 25.0 Å². The molecule has 2 aromatic carbocycles. The average molecular weight is 366 g/mol. The number of hydrogen-bond acceptors (Lipinski definition) is 3. The van der Waals surface area contributed by atoms with Crippen molar-refractivity contribution in [3.63, 3.8) is 0 Å². The highest BCUT2D eigenvalue weighted by Crippen LogP contribution is 2.18. The van der Waals surface area contributed by atoms with Gasteiger partial charge >= 0.3 is 0 Å². The maximum absolute atomic E-state index is 12.6. The van der Waals surface area contributed by atoms with E-state index in [9.17, 15) is 9.59 Å². The van der Waals surface area contributed by atoms with E-state index in [4.69, 9.17) is 4.74 Å². The van der Waals surface area contributed by atoms with Crippen LogP contribution >= 0.6 is 0 Å². The fraction of sp³-hybridized carbons (Fsp3) is 0.364. The molecule has 5 nitrogen and oxygen atoms in total. The smallest absolute Gasteiger partial charge is 0.262 e. The van der Waals surface area contributed by atoms with E-state index in [1.807, 2.05) is 30.9 Å². The number of nitrogens with one attached hydrogen (secondary N) is 1. The molecule has 0 aromatic heterocycles. The highest BCUT2D eigenvalue weighted by atomic mass is 16.5. The van der Waals surface area contributed by atoms with E-state index < -0.39 is 0 Å². The maximum atomic E-state index is 12.6. The van der Waals surface area contributed by atoms with Crippen LogP contribution in [0.4, 0.5) is 5.69 Å². The second kappa shape index (κ2) is 8.71. The highest BCUT2D eigenvalue weighted by Gasteiger charge is 2.18. The summed E-state index contributed by atoms with van der Waals surface area (Å²) in [4.78, 5) is 26.7. The first-order valence-electron chi connectivity index (χ1n) is 9.41. The van der Waals surface area contributed by atoms with Gasteiger partial charge in [0.2, 0.25) is 0 Å². The van der Waals surface area contributed by atoms with E-state index in [1.54, 1.807) is 24.3 Å². The zero-order chi connectivity index (χ0) is 19.2. The fourth-order valence-corrected chi connectivity index (χ4v) is 3.37. The number of aryl methyl sites for hydroxylation is 2. The van der Waals surface area contributed by atoms with Crippen molar-refractivity contribution in [1.82, 2.24) is 4.90 Å². The Balaban J connectivity index is 1.58. The van der Waals surface area contributed by atoms with E-state index in [0.717, 1.165) is 37.1 Å². The molecular weight excluding hydrogens is 340 g/mol. The van der Waals surface area contributed by atoms with Crippen LogP contribution in [0.15, 0.2) is 42.5 Å². The SMILES string of the molecule is Cc1cc(C)cc(OCC(=O)Nc2cccc(C(=O)N3CCCCC3)c2)c1. The fourth-order valence-electron chi connectivity index (χ4n) is 3.37. The molecule has 1 aliphatic heterocycles. The predicted octanol–water partition coefficient (Wildman–Crippen LogP) is 3.95. The summed E-state index contributed by atoms with van der Waals surface area (Å²) in [5, 5.41) is 2.80. The molecule has 0 saturated carbocycles. The highest BCUT2D eigenvalue weighted by molar-refractivity contribution is 5.97. The van der Waals surface area contributed by atoms with Gasteiger partial charge in [0.05, 0.1) is 0 Å². The van der Waals surface area contributed by atoms with Gasteiger partial charge in [0.1, 0.15) is 5.75 Å². The van der Waals surface area contributed by atoms with Crippen molar-refractivity contribution in [2.24, 2.45) is 0 Å². The van der Waals surface area contributed by atoms with Gasteiger partial charge in [-0.3, -0.25) is 9.59 Å². The monoisotopic (exact) mass is 366 g/mol. The minimum atomic E-state index is -0.253. The summed E-state index contributed by atoms with van der Waals surface area (Å²) in [7, 11) is 0. The molecule has 0 radical (unpaired) electrons. The van der Waals surface area contributed by atoms with Gasteiger partial charge in [-0.05, 0) is 74.6 Å². The van der Waals surface area contributed by atoms with Crippen LogP contribution in [0.5, 0.6) is 5.75 Å². The lowest BCUT2D eigenvalue weighted by Crippen LogP contribution is -2.35. The van der Waals surface area contributed by atoms with E-state index in [2.05, 4.69) is 11.4 Å². The first-order chi connectivity index (χ1) is 13.0. The lowest BCUT2D eigenvalue weighted by Gasteiger charge is -2.26. The molecule has 0 bridgehead atoms. The van der Waals surface area contributed by atoms with E-state index >= 15 is 0 Å². The van der Waals surface area contributed by atoms with Gasteiger partial charge in [0, 0.05) is 24.3 Å². The maximum Gasteiger partial charge on any atom is 0.262 e. The molecular formula is C22H26N2O3. The predicted molar refractivity (Wildman–Crippen MR) is 106 cm³/mol. The summed E-state index contributed by atoms with van der Waals surface area (Å²) in [5.74, 6) is 0.450. The number of ether oxygens (including phenoxy) is 1. The molecule has 1 N–H and O–H groups in total. The van der Waals surface area contributed by atoms with Gasteiger partial charge in [-0.2, -0.15) is 0 Å². The summed E-state index contributed by atoms with van der Waals surface area (Å²) in [6.07, 6.45) is 3.29. The molecule has 1 saturated heterocycles. The van der Waals surface area contributed by atoms with Crippen molar-refractivity contribution in [1.29, 1.82) is 0 Å². The molecule has 1 aliphatic rings. The standard InChI is InChI=1S/C22H26N2O3/c1-16-11-17(2)13-20(12-16)27-15-21(25)23-19-8-6-7-18(14-19)22(26)24-9-4-3-5-10-24/h6-8,11-14H,3-5,9-10,15H2,1-2H3,(H,23,25). The Bertz CT molecular complexity index is 806. The van der Waals surface area contributed by atoms with Crippen molar-refractivity contribution >= 4 is 17.5 Å². The van der Waals surface area contributed by atoms with Crippen LogP contribution in [0, 0.1) is 13.8 Å². The van der Waals surface area contributed by atoms with E-state index in [0.29, 0.717) is 17.0 Å². The lowest BCUT2D eigenvalue weighted by molar-refractivity contribution is -0.118. The molecule has 2 aromatic rings. The summed E-state index contributed by atoms with van der Waals surface area (Å²) in [5.41, 5.74) is 3.39. The Labute approximate surface area is 160 Å². The van der Waals surface area contributed by atoms with Crippen LogP contribution in [0.2, 0.25) is 0 Å². The Morgan fingerprint density at radius 3 is 2.41 bits per heavy atom. The van der Waals surface area contributed by atoms with Crippen LogP contribution < -0.4 is 10.1 Å². The summed E-state index contributed by atoms with van der Waals surface area (Å²) >= 11 is 0. The number of piperidine rings is 1. The van der Waals surface area contributed by atoms with Gasteiger partial charge in [-0.1, -0.05) is 12.1 Å². The van der Waals surface area contributed by atoms with Crippen LogP contribution in [-0.2, 0) is 4.79 Å². The molecule has 2 amide bonds. The number of carbonyl (C=O) groups is 2. The number of hydrogen-bond donors (Lipinski definition) is 1. The van der Waals surface area contributed by atoms with Crippen molar-refractivity contribution in [3.8, 4) is 5.75 Å². The number of nitrogens with zero attached hydrogens (tertiary/aromatic N) is 1. The molecule has 5 heteroatoms. The zero-order valence-corrected chi connectivity index (χ0v) is 16.0. The number of amides is 2. The van der Waals surface area contributed by atoms with Crippen LogP contribution in [0.25, 0.3) is 0 Å². The van der Waals surface area contributed by atoms with Gasteiger partial charge in [0.15, 0.2) is 6.61 Å². The van der Waals surface area contributed by atoms with Crippen molar-refractivity contribution in [2.45, 2.75) is 33.1 Å². The molecule has 0 atom stereocenters. The number of carbonyl (C=O) groups excluding carboxylic acids is 2. The molecule has 142 valence electrons. The average Bonchev–Trinajstić information content (AvgIpc) is 2.66. The van der Waals surface area contributed by atoms with Crippen LogP contribution in [0.3, 0.4) is 0 Å². The topological polar surface area (TPSA) is 58.6 Å².